The minimum absolute atomic E-state index is 0.0444. The van der Waals surface area contributed by atoms with Crippen LogP contribution in [0, 0.1) is 5.92 Å². The molecule has 0 saturated carbocycles. The van der Waals surface area contributed by atoms with Gasteiger partial charge in [-0.15, -0.1) is 0 Å². The molecule has 5 aromatic rings. The molecule has 0 radical (unpaired) electrons. The fourth-order valence-electron chi connectivity index (χ4n) is 6.15. The first-order valence-corrected chi connectivity index (χ1v) is 12.1. The molecular weight excluding hydrogens is 434 g/mol. The Labute approximate surface area is 202 Å². The summed E-state index contributed by atoms with van der Waals surface area (Å²) in [5, 5.41) is 8.57. The molecule has 1 unspecified atom stereocenters. The number of aliphatic imine (C=N–C) groups is 1. The molecule has 2 aliphatic heterocycles. The highest BCUT2D eigenvalue weighted by Gasteiger charge is 2.37. The van der Waals surface area contributed by atoms with Crippen LogP contribution in [0.5, 0.6) is 0 Å². The van der Waals surface area contributed by atoms with Gasteiger partial charge in [0.25, 0.3) is 0 Å². The Morgan fingerprint density at radius 2 is 1.91 bits per heavy atom. The third-order valence-corrected chi connectivity index (χ3v) is 7.81. The number of hydrogen-bond acceptors (Lipinski definition) is 4. The molecule has 3 aliphatic rings. The number of nitrogens with two attached hydrogens (primary N) is 1. The van der Waals surface area contributed by atoms with E-state index in [2.05, 4.69) is 75.0 Å². The second kappa shape index (κ2) is 7.75. The molecule has 0 bridgehead atoms. The van der Waals surface area contributed by atoms with Crippen LogP contribution in [0.1, 0.15) is 29.0 Å². The molecule has 3 aromatic carbocycles. The number of carbonyl (C=O) groups is 1. The average molecular weight is 460 g/mol. The number of amides is 1. The molecule has 0 spiro atoms. The van der Waals surface area contributed by atoms with Crippen LogP contribution in [0.25, 0.3) is 32.6 Å². The van der Waals surface area contributed by atoms with Gasteiger partial charge in [0, 0.05) is 64.4 Å². The second-order valence-electron chi connectivity index (χ2n) is 9.74. The van der Waals surface area contributed by atoms with Crippen molar-refractivity contribution in [1.82, 2.24) is 15.3 Å². The summed E-state index contributed by atoms with van der Waals surface area (Å²) in [4.78, 5) is 23.6. The number of benzene rings is 3. The number of H-pyrrole nitrogens is 1. The lowest BCUT2D eigenvalue weighted by molar-refractivity contribution is -0.122. The van der Waals surface area contributed by atoms with Crippen LogP contribution < -0.4 is 11.1 Å². The zero-order valence-corrected chi connectivity index (χ0v) is 19.2. The van der Waals surface area contributed by atoms with E-state index in [0.717, 1.165) is 24.0 Å². The number of carbonyl (C=O) groups excluding carboxylic acids is 1. The maximum atomic E-state index is 11.4. The summed E-state index contributed by atoms with van der Waals surface area (Å²) in [7, 11) is 0. The minimum Gasteiger partial charge on any atom is -0.369 e. The fraction of sp³-hybridized carbons (Fsp3) is 0.207. The predicted molar refractivity (Wildman–Crippen MR) is 140 cm³/mol. The Morgan fingerprint density at radius 1 is 1.03 bits per heavy atom. The maximum Gasteiger partial charge on any atom is 0.221 e. The number of aromatic nitrogens is 2. The lowest BCUT2D eigenvalue weighted by atomic mass is 9.73. The Hall–Kier alpha value is -4.03. The molecule has 3 atom stereocenters. The van der Waals surface area contributed by atoms with Crippen LogP contribution >= 0.6 is 0 Å². The fourth-order valence-corrected chi connectivity index (χ4v) is 6.15. The third-order valence-electron chi connectivity index (χ3n) is 7.81. The first-order valence-electron chi connectivity index (χ1n) is 12.1. The van der Waals surface area contributed by atoms with Crippen LogP contribution in [-0.2, 0) is 11.2 Å². The molecule has 6 heteroatoms. The Bertz CT molecular complexity index is 1670. The summed E-state index contributed by atoms with van der Waals surface area (Å²) in [6.07, 6.45) is 7.78. The normalized spacial score (nSPS) is 21.7. The number of pyridine rings is 1. The molecule has 6 nitrogen and oxygen atoms in total. The van der Waals surface area contributed by atoms with Crippen molar-refractivity contribution in [2.45, 2.75) is 24.8 Å². The lowest BCUT2D eigenvalue weighted by Gasteiger charge is -2.39. The van der Waals surface area contributed by atoms with Crippen molar-refractivity contribution < 1.29 is 4.79 Å². The highest BCUT2D eigenvalue weighted by molar-refractivity contribution is 6.19. The van der Waals surface area contributed by atoms with Crippen molar-refractivity contribution in [1.29, 1.82) is 0 Å². The monoisotopic (exact) mass is 459 g/mol. The molecule has 172 valence electrons. The van der Waals surface area contributed by atoms with Crippen LogP contribution in [-0.4, -0.2) is 34.7 Å². The Morgan fingerprint density at radius 3 is 2.83 bits per heavy atom. The number of fused-ring (bicyclic) bond motifs is 4. The predicted octanol–water partition coefficient (Wildman–Crippen LogP) is 4.72. The van der Waals surface area contributed by atoms with Crippen molar-refractivity contribution >= 4 is 50.4 Å². The quantitative estimate of drug-likeness (QED) is 0.310. The van der Waals surface area contributed by atoms with Crippen LogP contribution in [0.3, 0.4) is 0 Å². The summed E-state index contributed by atoms with van der Waals surface area (Å²) in [5.41, 5.74) is 12.7. The summed E-state index contributed by atoms with van der Waals surface area (Å²) in [6, 6.07) is 19.3. The number of aromatic amines is 1. The molecule has 4 N–H and O–H groups in total. The van der Waals surface area contributed by atoms with Gasteiger partial charge in [0.05, 0.1) is 17.1 Å². The first kappa shape index (κ1) is 20.4. The van der Waals surface area contributed by atoms with Gasteiger partial charge in [-0.05, 0) is 53.6 Å². The van der Waals surface area contributed by atoms with Crippen LogP contribution in [0.15, 0.2) is 72.0 Å². The first-order chi connectivity index (χ1) is 17.2. The van der Waals surface area contributed by atoms with Gasteiger partial charge in [0.15, 0.2) is 0 Å². The van der Waals surface area contributed by atoms with Crippen LogP contribution in [0.2, 0.25) is 0 Å². The number of piperidine rings is 1. The number of hydrogen-bond donors (Lipinski definition) is 3. The van der Waals surface area contributed by atoms with Gasteiger partial charge in [-0.1, -0.05) is 30.3 Å². The van der Waals surface area contributed by atoms with E-state index in [0.29, 0.717) is 18.5 Å². The van der Waals surface area contributed by atoms with E-state index in [-0.39, 0.29) is 11.8 Å². The number of nitrogens with zero attached hydrogens (tertiary/aromatic N) is 2. The van der Waals surface area contributed by atoms with Crippen molar-refractivity contribution in [3.63, 3.8) is 0 Å². The van der Waals surface area contributed by atoms with E-state index in [1.54, 1.807) is 0 Å². The van der Waals surface area contributed by atoms with E-state index in [1.165, 1.54) is 43.8 Å². The summed E-state index contributed by atoms with van der Waals surface area (Å²) >= 11 is 0. The van der Waals surface area contributed by atoms with E-state index in [4.69, 9.17) is 5.73 Å². The maximum absolute atomic E-state index is 11.4. The van der Waals surface area contributed by atoms with Gasteiger partial charge < -0.3 is 16.0 Å². The van der Waals surface area contributed by atoms with Crippen molar-refractivity contribution in [3.05, 3.63) is 83.7 Å². The molecular formula is C29H25N5O. The van der Waals surface area contributed by atoms with E-state index >= 15 is 0 Å². The van der Waals surface area contributed by atoms with Gasteiger partial charge in [0.1, 0.15) is 0 Å². The topological polar surface area (TPSA) is 96.2 Å². The SMILES string of the molecule is C1=Nc2cccc3c2c1cc1ncccc13.NC(=O)C1CN[C@@H]2Cc3c[nH]c4cccc(c34)[C@H]2C1. The summed E-state index contributed by atoms with van der Waals surface area (Å²) < 4.78 is 0. The highest BCUT2D eigenvalue weighted by atomic mass is 16.1. The highest BCUT2D eigenvalue weighted by Crippen LogP contribution is 2.41. The largest absolute Gasteiger partial charge is 0.369 e. The number of primary amides is 1. The second-order valence-corrected chi connectivity index (χ2v) is 9.74. The zero-order valence-electron chi connectivity index (χ0n) is 19.2. The van der Waals surface area contributed by atoms with Gasteiger partial charge in [-0.3, -0.25) is 14.8 Å². The minimum atomic E-state index is -0.182. The standard InChI is InChI=1S/C15H17N3O.C14H8N2/c16-15(19)9-4-11-10-2-1-3-12-14(10)8(6-17-12)5-13(11)18-7-9;1-3-11-10-4-2-6-15-13(10)7-9-8-16-12(5-1)14(9)11/h1-3,6,9,11,13,17-18H,4-5,7H2,(H2,16,19);1-8H/t9?,11-,13-;/m1./s1. The Kier molecular flexibility index (Phi) is 4.51. The lowest BCUT2D eigenvalue weighted by Crippen LogP contribution is -2.49. The summed E-state index contributed by atoms with van der Waals surface area (Å²) in [5.74, 6) is 0.174. The molecule has 1 saturated heterocycles. The van der Waals surface area contributed by atoms with Gasteiger partial charge in [-0.25, -0.2) is 0 Å². The number of nitrogens with one attached hydrogen (secondary N) is 2. The van der Waals surface area contributed by atoms with Crippen molar-refractivity contribution in [3.8, 4) is 0 Å². The summed E-state index contributed by atoms with van der Waals surface area (Å²) in [6.45, 7) is 0.715. The van der Waals surface area contributed by atoms with Crippen LogP contribution in [0.4, 0.5) is 5.69 Å². The smallest absolute Gasteiger partial charge is 0.221 e. The van der Waals surface area contributed by atoms with E-state index in [9.17, 15) is 4.79 Å². The van der Waals surface area contributed by atoms with Crippen molar-refractivity contribution in [2.24, 2.45) is 16.6 Å². The van der Waals surface area contributed by atoms with Gasteiger partial charge in [0.2, 0.25) is 5.91 Å². The zero-order chi connectivity index (χ0) is 23.5. The number of rotatable bonds is 1. The van der Waals surface area contributed by atoms with Gasteiger partial charge >= 0.3 is 0 Å². The average Bonchev–Trinajstić information content (AvgIpc) is 3.50. The molecule has 4 heterocycles. The Balaban J connectivity index is 0.000000122. The molecule has 1 aliphatic carbocycles. The molecule has 1 amide bonds. The molecule has 1 fully saturated rings. The van der Waals surface area contributed by atoms with E-state index in [1.807, 2.05) is 18.5 Å². The van der Waals surface area contributed by atoms with Crippen molar-refractivity contribution in [2.75, 3.05) is 6.54 Å². The molecule has 8 rings (SSSR count). The molecule has 2 aromatic heterocycles. The third kappa shape index (κ3) is 3.17. The van der Waals surface area contributed by atoms with Gasteiger partial charge in [-0.2, -0.15) is 0 Å². The van der Waals surface area contributed by atoms with E-state index < -0.39 is 0 Å². The molecule has 35 heavy (non-hydrogen) atoms.